The summed E-state index contributed by atoms with van der Waals surface area (Å²) in [4.78, 5) is 38.4. The molecule has 10 heteroatoms. The van der Waals surface area contributed by atoms with Gasteiger partial charge in [-0.25, -0.2) is 0 Å². The number of rotatable bonds is 9. The topological polar surface area (TPSA) is 112 Å². The van der Waals surface area contributed by atoms with E-state index in [1.165, 1.54) is 26.0 Å². The molecule has 1 aliphatic rings. The van der Waals surface area contributed by atoms with E-state index in [1.807, 2.05) is 6.92 Å². The van der Waals surface area contributed by atoms with Crippen LogP contribution in [-0.4, -0.2) is 55.9 Å². The van der Waals surface area contributed by atoms with Crippen molar-refractivity contribution in [3.63, 3.8) is 0 Å². The third-order valence-corrected chi connectivity index (χ3v) is 6.34. The molecule has 0 fully saturated rings. The van der Waals surface area contributed by atoms with Gasteiger partial charge in [-0.2, -0.15) is 0 Å². The van der Waals surface area contributed by atoms with Crippen LogP contribution < -0.4 is 14.4 Å². The van der Waals surface area contributed by atoms with Crippen LogP contribution in [0, 0.1) is 5.92 Å². The lowest BCUT2D eigenvalue weighted by Gasteiger charge is -2.30. The number of carboxylic acid groups (broad SMARTS) is 1. The summed E-state index contributed by atoms with van der Waals surface area (Å²) in [5, 5.41) is 9.97. The van der Waals surface area contributed by atoms with Crippen molar-refractivity contribution in [2.24, 2.45) is 5.92 Å². The number of benzene rings is 2. The molecule has 4 atom stereocenters. The largest absolute Gasteiger partial charge is 0.493 e. The number of carbonyl (C=O) groups excluding carboxylic acids is 2. The molecule has 2 aromatic carbocycles. The molecule has 3 rings (SSSR count). The first kappa shape index (κ1) is 27.3. The standard InChI is InChI=1S/C26H30ClNO8/c1-14(15(2)35-16(3)29)13-28-20-10-9-17(27)11-19(20)24(36-22(26(28)32)12-23(30)31)18-7-6-8-21(33-4)25(18)34-5/h6-11,14-15,22,24H,12-13H2,1-5H3,(H,30,31)/t14?,15?,22-,24-/m1/s1. The average molecular weight is 520 g/mol. The Hall–Kier alpha value is -3.30. The van der Waals surface area contributed by atoms with Gasteiger partial charge in [-0.3, -0.25) is 14.4 Å². The summed E-state index contributed by atoms with van der Waals surface area (Å²) in [7, 11) is 2.99. The van der Waals surface area contributed by atoms with Crippen molar-refractivity contribution in [1.29, 1.82) is 0 Å². The first-order valence-corrected chi connectivity index (χ1v) is 11.8. The van der Waals surface area contributed by atoms with E-state index in [-0.39, 0.29) is 12.5 Å². The molecule has 2 aromatic rings. The summed E-state index contributed by atoms with van der Waals surface area (Å²) < 4.78 is 22.6. The molecule has 36 heavy (non-hydrogen) atoms. The van der Waals surface area contributed by atoms with Crippen LogP contribution >= 0.6 is 11.6 Å². The molecule has 1 amide bonds. The molecular formula is C26H30ClNO8. The third-order valence-electron chi connectivity index (χ3n) is 6.10. The van der Waals surface area contributed by atoms with Crippen LogP contribution in [-0.2, 0) is 23.9 Å². The highest BCUT2D eigenvalue weighted by molar-refractivity contribution is 6.30. The van der Waals surface area contributed by atoms with Crippen LogP contribution in [0.15, 0.2) is 36.4 Å². The maximum atomic E-state index is 13.7. The summed E-state index contributed by atoms with van der Waals surface area (Å²) in [5.74, 6) is -1.56. The van der Waals surface area contributed by atoms with Gasteiger partial charge in [-0.05, 0) is 31.2 Å². The summed E-state index contributed by atoms with van der Waals surface area (Å²) in [6.07, 6.45) is -3.22. The van der Waals surface area contributed by atoms with E-state index in [2.05, 4.69) is 0 Å². The van der Waals surface area contributed by atoms with Gasteiger partial charge in [0, 0.05) is 41.2 Å². The van der Waals surface area contributed by atoms with Crippen LogP contribution in [0.5, 0.6) is 11.5 Å². The van der Waals surface area contributed by atoms with Crippen LogP contribution in [0.3, 0.4) is 0 Å². The van der Waals surface area contributed by atoms with Crippen molar-refractivity contribution in [3.8, 4) is 11.5 Å². The van der Waals surface area contributed by atoms with Gasteiger partial charge in [0.2, 0.25) is 0 Å². The predicted octanol–water partition coefficient (Wildman–Crippen LogP) is 4.24. The molecule has 1 aliphatic heterocycles. The minimum atomic E-state index is -1.30. The minimum Gasteiger partial charge on any atom is -0.493 e. The second-order valence-electron chi connectivity index (χ2n) is 8.63. The van der Waals surface area contributed by atoms with Crippen molar-refractivity contribution < 1.29 is 38.4 Å². The molecule has 0 radical (unpaired) electrons. The molecule has 0 aliphatic carbocycles. The van der Waals surface area contributed by atoms with E-state index < -0.39 is 42.6 Å². The fourth-order valence-corrected chi connectivity index (χ4v) is 4.41. The zero-order chi connectivity index (χ0) is 26.6. The quantitative estimate of drug-likeness (QED) is 0.490. The SMILES string of the molecule is COc1cccc([C@H]2O[C@H](CC(=O)O)C(=O)N(CC(C)C(C)OC(C)=O)c3ccc(Cl)cc32)c1OC. The van der Waals surface area contributed by atoms with Crippen molar-refractivity contribution in [1.82, 2.24) is 0 Å². The maximum Gasteiger partial charge on any atom is 0.306 e. The molecule has 0 saturated carbocycles. The number of aliphatic carboxylic acids is 1. The lowest BCUT2D eigenvalue weighted by Crippen LogP contribution is -2.44. The Kier molecular flexibility index (Phi) is 8.81. The van der Waals surface area contributed by atoms with Gasteiger partial charge in [0.05, 0.1) is 20.6 Å². The van der Waals surface area contributed by atoms with Gasteiger partial charge in [0.15, 0.2) is 11.5 Å². The highest BCUT2D eigenvalue weighted by atomic mass is 35.5. The van der Waals surface area contributed by atoms with Crippen LogP contribution in [0.2, 0.25) is 5.02 Å². The summed E-state index contributed by atoms with van der Waals surface area (Å²) in [6.45, 7) is 5.06. The van der Waals surface area contributed by atoms with E-state index in [0.29, 0.717) is 33.3 Å². The highest BCUT2D eigenvalue weighted by Crippen LogP contribution is 2.45. The Balaban J connectivity index is 2.18. The second-order valence-corrected chi connectivity index (χ2v) is 9.07. The van der Waals surface area contributed by atoms with Gasteiger partial charge in [0.25, 0.3) is 5.91 Å². The normalized spacial score (nSPS) is 19.1. The number of carboxylic acids is 1. The number of amides is 1. The molecule has 9 nitrogen and oxygen atoms in total. The van der Waals surface area contributed by atoms with Crippen molar-refractivity contribution in [2.75, 3.05) is 25.7 Å². The van der Waals surface area contributed by atoms with Crippen LogP contribution in [0.25, 0.3) is 0 Å². The number of esters is 1. The smallest absolute Gasteiger partial charge is 0.306 e. The van der Waals surface area contributed by atoms with E-state index >= 15 is 0 Å². The van der Waals surface area contributed by atoms with E-state index in [1.54, 1.807) is 43.3 Å². The molecule has 0 aromatic heterocycles. The lowest BCUT2D eigenvalue weighted by atomic mass is 9.97. The van der Waals surface area contributed by atoms with Crippen molar-refractivity contribution >= 4 is 35.1 Å². The number of halogens is 1. The van der Waals surface area contributed by atoms with E-state index in [9.17, 15) is 19.5 Å². The van der Waals surface area contributed by atoms with E-state index in [4.69, 9.17) is 30.5 Å². The van der Waals surface area contributed by atoms with Gasteiger partial charge in [-0.1, -0.05) is 30.7 Å². The Labute approximate surface area is 214 Å². The summed E-state index contributed by atoms with van der Waals surface area (Å²) >= 11 is 6.37. The third kappa shape index (κ3) is 5.91. The highest BCUT2D eigenvalue weighted by Gasteiger charge is 2.40. The number of hydrogen-bond acceptors (Lipinski definition) is 7. The second kappa shape index (κ2) is 11.6. The summed E-state index contributed by atoms with van der Waals surface area (Å²) in [5.41, 5.74) is 1.61. The molecular weight excluding hydrogens is 490 g/mol. The lowest BCUT2D eigenvalue weighted by molar-refractivity contribution is -0.148. The van der Waals surface area contributed by atoms with Crippen LogP contribution in [0.1, 0.15) is 44.4 Å². The minimum absolute atomic E-state index is 0.156. The van der Waals surface area contributed by atoms with E-state index in [0.717, 1.165) is 0 Å². The monoisotopic (exact) mass is 519 g/mol. The Morgan fingerprint density at radius 2 is 1.86 bits per heavy atom. The number of nitrogens with zero attached hydrogens (tertiary/aromatic N) is 1. The van der Waals surface area contributed by atoms with Gasteiger partial charge in [-0.15, -0.1) is 0 Å². The fourth-order valence-electron chi connectivity index (χ4n) is 4.23. The zero-order valence-electron chi connectivity index (χ0n) is 20.8. The molecule has 2 unspecified atom stereocenters. The molecule has 1 heterocycles. The summed E-state index contributed by atoms with van der Waals surface area (Å²) in [6, 6.07) is 10.3. The molecule has 0 bridgehead atoms. The van der Waals surface area contributed by atoms with Crippen molar-refractivity contribution in [2.45, 2.75) is 45.5 Å². The Morgan fingerprint density at radius 1 is 1.14 bits per heavy atom. The van der Waals surface area contributed by atoms with Gasteiger partial charge < -0.3 is 29.0 Å². The number of methoxy groups -OCH3 is 2. The Bertz CT molecular complexity index is 1140. The first-order chi connectivity index (χ1) is 17.1. The molecule has 1 N–H and O–H groups in total. The molecule has 194 valence electrons. The number of hydrogen-bond donors (Lipinski definition) is 1. The van der Waals surface area contributed by atoms with Gasteiger partial charge in [0.1, 0.15) is 18.3 Å². The van der Waals surface area contributed by atoms with Gasteiger partial charge >= 0.3 is 11.9 Å². The van der Waals surface area contributed by atoms with Crippen LogP contribution in [0.4, 0.5) is 5.69 Å². The predicted molar refractivity (Wildman–Crippen MR) is 133 cm³/mol. The number of fused-ring (bicyclic) bond motifs is 1. The number of carbonyl (C=O) groups is 3. The number of para-hydroxylation sites is 1. The first-order valence-electron chi connectivity index (χ1n) is 11.4. The molecule has 0 spiro atoms. The zero-order valence-corrected chi connectivity index (χ0v) is 21.6. The maximum absolute atomic E-state index is 13.7. The fraction of sp³-hybridized carbons (Fsp3) is 0.423. The Morgan fingerprint density at radius 3 is 2.47 bits per heavy atom. The molecule has 0 saturated heterocycles. The van der Waals surface area contributed by atoms with Crippen molar-refractivity contribution in [3.05, 3.63) is 52.5 Å². The number of anilines is 1. The number of ether oxygens (including phenoxy) is 4. The average Bonchev–Trinajstić information content (AvgIpc) is 2.92.